The van der Waals surface area contributed by atoms with Crippen LogP contribution in [0.4, 0.5) is 0 Å². The lowest BCUT2D eigenvalue weighted by Gasteiger charge is -2.03. The number of rotatable bonds is 1. The van der Waals surface area contributed by atoms with Gasteiger partial charge < -0.3 is 5.11 Å². The fraction of sp³-hybridized carbons (Fsp3) is 0.250. The largest absolute Gasteiger partial charge is 0.392 e. The van der Waals surface area contributed by atoms with E-state index < -0.39 is 0 Å². The summed E-state index contributed by atoms with van der Waals surface area (Å²) in [5, 5.41) is 8.91. The summed E-state index contributed by atoms with van der Waals surface area (Å²) in [5.74, 6) is 0. The Morgan fingerprint density at radius 2 is 2.18 bits per heavy atom. The van der Waals surface area contributed by atoms with Gasteiger partial charge in [0.1, 0.15) is 0 Å². The quantitative estimate of drug-likeness (QED) is 0.787. The highest BCUT2D eigenvalue weighted by Gasteiger charge is 2.01. The normalized spacial score (nSPS) is 10.2. The first-order chi connectivity index (χ1) is 5.15. The molecule has 0 bridgehead atoms. The van der Waals surface area contributed by atoms with Gasteiger partial charge in [-0.15, -0.1) is 0 Å². The average molecular weight is 327 g/mol. The molecule has 1 aromatic carbocycles. The summed E-state index contributed by atoms with van der Waals surface area (Å²) in [7, 11) is 0. The fourth-order valence-electron chi connectivity index (χ4n) is 0.809. The van der Waals surface area contributed by atoms with E-state index in [9.17, 15) is 0 Å². The number of benzene rings is 1. The number of aliphatic hydroxyl groups is 1. The van der Waals surface area contributed by atoms with Crippen molar-refractivity contribution in [1.82, 2.24) is 0 Å². The highest BCUT2D eigenvalue weighted by molar-refractivity contribution is 14.1. The second-order valence-electron chi connectivity index (χ2n) is 2.35. The van der Waals surface area contributed by atoms with Crippen molar-refractivity contribution in [3.05, 3.63) is 31.3 Å². The lowest BCUT2D eigenvalue weighted by atomic mass is 10.2. The van der Waals surface area contributed by atoms with E-state index in [0.717, 1.165) is 13.6 Å². The minimum absolute atomic E-state index is 0.108. The molecule has 0 aliphatic rings. The molecule has 0 atom stereocenters. The molecule has 1 N–H and O–H groups in total. The minimum Gasteiger partial charge on any atom is -0.392 e. The third-order valence-electron chi connectivity index (χ3n) is 1.50. The van der Waals surface area contributed by atoms with Crippen molar-refractivity contribution >= 4 is 38.5 Å². The molecule has 0 unspecified atom stereocenters. The molecule has 0 aromatic heterocycles. The molecule has 0 saturated carbocycles. The van der Waals surface area contributed by atoms with Crippen molar-refractivity contribution in [3.8, 4) is 0 Å². The van der Waals surface area contributed by atoms with Crippen LogP contribution in [0.2, 0.25) is 0 Å². The van der Waals surface area contributed by atoms with Crippen LogP contribution < -0.4 is 0 Å². The number of aliphatic hydroxyl groups excluding tert-OH is 1. The summed E-state index contributed by atoms with van der Waals surface area (Å²) in [6, 6.07) is 4.01. The molecule has 0 saturated heterocycles. The Bertz CT molecular complexity index is 273. The van der Waals surface area contributed by atoms with E-state index in [-0.39, 0.29) is 6.61 Å². The third-order valence-corrected chi connectivity index (χ3v) is 3.36. The summed E-state index contributed by atoms with van der Waals surface area (Å²) in [6.07, 6.45) is 0. The maximum absolute atomic E-state index is 8.91. The standard InChI is InChI=1S/C8H8BrIO/c1-5-2-8(10)6(4-11)3-7(5)9/h2-3,11H,4H2,1H3. The smallest absolute Gasteiger partial charge is 0.0692 e. The van der Waals surface area contributed by atoms with Gasteiger partial charge in [0.15, 0.2) is 0 Å². The molecule has 0 heterocycles. The molecule has 0 aliphatic heterocycles. The van der Waals surface area contributed by atoms with E-state index in [1.54, 1.807) is 0 Å². The van der Waals surface area contributed by atoms with E-state index in [1.807, 2.05) is 13.0 Å². The highest BCUT2D eigenvalue weighted by Crippen LogP contribution is 2.22. The zero-order chi connectivity index (χ0) is 8.43. The van der Waals surface area contributed by atoms with Crippen molar-refractivity contribution in [3.63, 3.8) is 0 Å². The lowest BCUT2D eigenvalue weighted by Crippen LogP contribution is -1.89. The SMILES string of the molecule is Cc1cc(I)c(CO)cc1Br. The monoisotopic (exact) mass is 326 g/mol. The van der Waals surface area contributed by atoms with Crippen LogP contribution in [0.1, 0.15) is 11.1 Å². The molecule has 0 spiro atoms. The summed E-state index contributed by atoms with van der Waals surface area (Å²) >= 11 is 5.63. The lowest BCUT2D eigenvalue weighted by molar-refractivity contribution is 0.281. The minimum atomic E-state index is 0.108. The molecular formula is C8H8BrIO. The first-order valence-electron chi connectivity index (χ1n) is 3.20. The molecule has 1 nitrogen and oxygen atoms in total. The Morgan fingerprint density at radius 3 is 2.73 bits per heavy atom. The van der Waals surface area contributed by atoms with Gasteiger partial charge in [-0.3, -0.25) is 0 Å². The second-order valence-corrected chi connectivity index (χ2v) is 4.37. The summed E-state index contributed by atoms with van der Waals surface area (Å²) < 4.78 is 2.17. The predicted octanol–water partition coefficient (Wildman–Crippen LogP) is 2.85. The average Bonchev–Trinajstić information content (AvgIpc) is 1.97. The Morgan fingerprint density at radius 1 is 1.55 bits per heavy atom. The van der Waals surface area contributed by atoms with Gasteiger partial charge >= 0.3 is 0 Å². The van der Waals surface area contributed by atoms with Crippen molar-refractivity contribution in [2.45, 2.75) is 13.5 Å². The maximum Gasteiger partial charge on any atom is 0.0692 e. The van der Waals surface area contributed by atoms with Crippen molar-refractivity contribution in [2.24, 2.45) is 0 Å². The van der Waals surface area contributed by atoms with E-state index in [4.69, 9.17) is 5.11 Å². The van der Waals surface area contributed by atoms with Crippen LogP contribution in [0, 0.1) is 10.5 Å². The first kappa shape index (κ1) is 9.48. The Kier molecular flexibility index (Phi) is 3.33. The summed E-state index contributed by atoms with van der Waals surface area (Å²) in [6.45, 7) is 2.14. The van der Waals surface area contributed by atoms with Gasteiger partial charge in [-0.05, 0) is 52.8 Å². The summed E-state index contributed by atoms with van der Waals surface area (Å²) in [5.41, 5.74) is 2.18. The Balaban J connectivity index is 3.21. The molecule has 0 aliphatic carbocycles. The molecule has 1 aromatic rings. The van der Waals surface area contributed by atoms with Crippen LogP contribution in [-0.4, -0.2) is 5.11 Å². The maximum atomic E-state index is 8.91. The number of halogens is 2. The van der Waals surface area contributed by atoms with Crippen LogP contribution in [0.3, 0.4) is 0 Å². The molecule has 11 heavy (non-hydrogen) atoms. The molecule has 0 fully saturated rings. The van der Waals surface area contributed by atoms with Crippen molar-refractivity contribution < 1.29 is 5.11 Å². The van der Waals surface area contributed by atoms with Crippen LogP contribution in [0.5, 0.6) is 0 Å². The Hall–Kier alpha value is 0.390. The van der Waals surface area contributed by atoms with Crippen molar-refractivity contribution in [1.29, 1.82) is 0 Å². The molecule has 0 radical (unpaired) electrons. The van der Waals surface area contributed by atoms with Gasteiger partial charge in [0.2, 0.25) is 0 Å². The van der Waals surface area contributed by atoms with Gasteiger partial charge in [0, 0.05) is 8.04 Å². The van der Waals surface area contributed by atoms with E-state index in [2.05, 4.69) is 44.6 Å². The van der Waals surface area contributed by atoms with Gasteiger partial charge in [0.05, 0.1) is 6.61 Å². The van der Waals surface area contributed by atoms with Gasteiger partial charge in [-0.25, -0.2) is 0 Å². The Labute approximate surface area is 88.1 Å². The van der Waals surface area contributed by atoms with Crippen LogP contribution in [-0.2, 0) is 6.61 Å². The van der Waals surface area contributed by atoms with Gasteiger partial charge in [-0.1, -0.05) is 15.9 Å². The summed E-state index contributed by atoms with van der Waals surface area (Å²) in [4.78, 5) is 0. The van der Waals surface area contributed by atoms with Crippen molar-refractivity contribution in [2.75, 3.05) is 0 Å². The molecule has 1 rings (SSSR count). The number of hydrogen-bond donors (Lipinski definition) is 1. The number of aryl methyl sites for hydroxylation is 1. The second kappa shape index (κ2) is 3.87. The first-order valence-corrected chi connectivity index (χ1v) is 5.07. The topological polar surface area (TPSA) is 20.2 Å². The number of hydrogen-bond acceptors (Lipinski definition) is 1. The van der Waals surface area contributed by atoms with E-state index in [1.165, 1.54) is 5.56 Å². The zero-order valence-corrected chi connectivity index (χ0v) is 9.81. The molecule has 0 amide bonds. The van der Waals surface area contributed by atoms with Gasteiger partial charge in [0.25, 0.3) is 0 Å². The predicted molar refractivity (Wildman–Crippen MR) is 57.5 cm³/mol. The molecular weight excluding hydrogens is 319 g/mol. The van der Waals surface area contributed by atoms with Crippen LogP contribution in [0.15, 0.2) is 16.6 Å². The zero-order valence-electron chi connectivity index (χ0n) is 6.06. The van der Waals surface area contributed by atoms with Gasteiger partial charge in [-0.2, -0.15) is 0 Å². The molecule has 3 heteroatoms. The third kappa shape index (κ3) is 2.16. The van der Waals surface area contributed by atoms with Crippen LogP contribution in [0.25, 0.3) is 0 Å². The van der Waals surface area contributed by atoms with E-state index in [0.29, 0.717) is 0 Å². The van der Waals surface area contributed by atoms with Crippen LogP contribution >= 0.6 is 38.5 Å². The molecule has 60 valence electrons. The fourth-order valence-corrected chi connectivity index (χ4v) is 1.99. The van der Waals surface area contributed by atoms with E-state index >= 15 is 0 Å². The highest BCUT2D eigenvalue weighted by atomic mass is 127.